The first-order valence-corrected chi connectivity index (χ1v) is 10.1. The number of hydrogen-bond donors (Lipinski definition) is 1. The summed E-state index contributed by atoms with van der Waals surface area (Å²) in [6.07, 6.45) is 7.07. The zero-order chi connectivity index (χ0) is 21.8. The Hall–Kier alpha value is -4.02. The van der Waals surface area contributed by atoms with Crippen molar-refractivity contribution in [3.8, 4) is 18.1 Å². The molecule has 4 rings (SSSR count). The molecule has 1 fully saturated rings. The van der Waals surface area contributed by atoms with E-state index in [0.29, 0.717) is 21.5 Å². The van der Waals surface area contributed by atoms with Crippen LogP contribution < -0.4 is 15.2 Å². The molecule has 3 aromatic carbocycles. The molecule has 0 aromatic heterocycles. The van der Waals surface area contributed by atoms with Crippen molar-refractivity contribution in [3.05, 3.63) is 76.7 Å². The lowest BCUT2D eigenvalue weighted by atomic mass is 10.0. The van der Waals surface area contributed by atoms with Gasteiger partial charge in [0, 0.05) is 5.56 Å². The highest BCUT2D eigenvalue weighted by Gasteiger charge is 2.25. The van der Waals surface area contributed by atoms with Gasteiger partial charge in [0.1, 0.15) is 12.4 Å². The number of carbonyl (C=O) groups is 2. The average molecular weight is 427 g/mol. The third-order valence-corrected chi connectivity index (χ3v) is 5.39. The minimum Gasteiger partial charge on any atom is -0.545 e. The predicted octanol–water partition coefficient (Wildman–Crippen LogP) is 3.11. The number of amidine groups is 1. The minimum atomic E-state index is -1.29. The molecule has 3 aromatic rings. The normalized spacial score (nSPS) is 15.8. The number of ether oxygens (including phenoxy) is 1. The fourth-order valence-electron chi connectivity index (χ4n) is 3.10. The van der Waals surface area contributed by atoms with Gasteiger partial charge in [0.05, 0.1) is 16.6 Å². The van der Waals surface area contributed by atoms with Gasteiger partial charge in [-0.2, -0.15) is 0 Å². The molecule has 1 N–H and O–H groups in total. The molecule has 1 amide bonds. The molecule has 152 valence electrons. The van der Waals surface area contributed by atoms with Crippen LogP contribution in [0.2, 0.25) is 0 Å². The molecule has 31 heavy (non-hydrogen) atoms. The molecular formula is C24H15N2O4S-. The summed E-state index contributed by atoms with van der Waals surface area (Å²) < 4.78 is 5.68. The molecule has 0 saturated carbocycles. The molecule has 1 aliphatic rings. The van der Waals surface area contributed by atoms with Gasteiger partial charge in [0.25, 0.3) is 5.91 Å². The summed E-state index contributed by atoms with van der Waals surface area (Å²) in [5.74, 6) is 1.42. The molecule has 0 radical (unpaired) electrons. The van der Waals surface area contributed by atoms with Crippen molar-refractivity contribution in [2.24, 2.45) is 4.99 Å². The van der Waals surface area contributed by atoms with Gasteiger partial charge in [-0.05, 0) is 52.4 Å². The molecule has 0 atom stereocenters. The van der Waals surface area contributed by atoms with Crippen molar-refractivity contribution in [2.75, 3.05) is 6.61 Å². The number of hydrogen-bond acceptors (Lipinski definition) is 6. The van der Waals surface area contributed by atoms with Gasteiger partial charge in [-0.3, -0.25) is 4.79 Å². The monoisotopic (exact) mass is 427 g/mol. The molecule has 1 aliphatic heterocycles. The lowest BCUT2D eigenvalue weighted by Gasteiger charge is -2.10. The zero-order valence-corrected chi connectivity index (χ0v) is 16.9. The first kappa shape index (κ1) is 20.3. The van der Waals surface area contributed by atoms with Gasteiger partial charge in [0.2, 0.25) is 0 Å². The number of carbonyl (C=O) groups excluding carboxylic acids is 2. The fraction of sp³-hybridized carbons (Fsp3) is 0.0417. The number of rotatable bonds is 5. The molecule has 1 saturated heterocycles. The predicted molar refractivity (Wildman–Crippen MR) is 120 cm³/mol. The van der Waals surface area contributed by atoms with E-state index in [2.05, 4.69) is 16.2 Å². The summed E-state index contributed by atoms with van der Waals surface area (Å²) in [7, 11) is 0. The van der Waals surface area contributed by atoms with Crippen LogP contribution in [-0.2, 0) is 4.79 Å². The molecular weight excluding hydrogens is 412 g/mol. The van der Waals surface area contributed by atoms with Crippen molar-refractivity contribution in [1.82, 2.24) is 5.32 Å². The van der Waals surface area contributed by atoms with E-state index in [1.807, 2.05) is 36.4 Å². The maximum absolute atomic E-state index is 12.6. The van der Waals surface area contributed by atoms with Crippen LogP contribution in [0.3, 0.4) is 0 Å². The smallest absolute Gasteiger partial charge is 0.264 e. The first-order chi connectivity index (χ1) is 15.0. The second-order valence-corrected chi connectivity index (χ2v) is 7.54. The fourth-order valence-corrected chi connectivity index (χ4v) is 3.92. The Labute approximate surface area is 182 Å². The van der Waals surface area contributed by atoms with Crippen molar-refractivity contribution < 1.29 is 19.4 Å². The highest BCUT2D eigenvalue weighted by molar-refractivity contribution is 8.18. The molecule has 0 spiro atoms. The maximum Gasteiger partial charge on any atom is 0.264 e. The van der Waals surface area contributed by atoms with Crippen molar-refractivity contribution in [2.45, 2.75) is 0 Å². The van der Waals surface area contributed by atoms with Crippen molar-refractivity contribution in [3.63, 3.8) is 0 Å². The van der Waals surface area contributed by atoms with Gasteiger partial charge in [0.15, 0.2) is 5.17 Å². The second kappa shape index (κ2) is 8.78. The number of nitrogens with zero attached hydrogens (tertiary/aromatic N) is 1. The zero-order valence-electron chi connectivity index (χ0n) is 16.1. The number of benzene rings is 3. The van der Waals surface area contributed by atoms with Gasteiger partial charge in [-0.15, -0.1) is 6.42 Å². The number of aromatic carboxylic acids is 1. The third kappa shape index (κ3) is 4.44. The first-order valence-electron chi connectivity index (χ1n) is 9.24. The van der Waals surface area contributed by atoms with Crippen LogP contribution in [0.25, 0.3) is 16.8 Å². The number of terminal acetylenes is 1. The van der Waals surface area contributed by atoms with E-state index in [1.54, 1.807) is 18.2 Å². The summed E-state index contributed by atoms with van der Waals surface area (Å²) in [5, 5.41) is 16.0. The summed E-state index contributed by atoms with van der Waals surface area (Å²) in [5.41, 5.74) is 1.15. The van der Waals surface area contributed by atoms with Crippen LogP contribution in [0.4, 0.5) is 5.69 Å². The Morgan fingerprint density at radius 1 is 1.19 bits per heavy atom. The standard InChI is InChI=1S/C24H16N2O4S/c1-2-12-30-20-11-10-15-6-3-4-9-18(15)19(20)14-21-22(27)26-24(31-21)25-17-8-5-7-16(13-17)23(28)29/h1,3-11,13-14H,12H2,(H,28,29)(H,25,26,27)/p-1/b21-14-. The molecule has 0 bridgehead atoms. The molecule has 0 unspecified atom stereocenters. The van der Waals surface area contributed by atoms with Crippen molar-refractivity contribution >= 4 is 51.3 Å². The van der Waals surface area contributed by atoms with E-state index in [1.165, 1.54) is 12.1 Å². The Morgan fingerprint density at radius 2 is 2.03 bits per heavy atom. The highest BCUT2D eigenvalue weighted by atomic mass is 32.2. The van der Waals surface area contributed by atoms with Crippen molar-refractivity contribution in [1.29, 1.82) is 0 Å². The molecule has 0 aliphatic carbocycles. The van der Waals surface area contributed by atoms with Gasteiger partial charge < -0.3 is 20.0 Å². The summed E-state index contributed by atoms with van der Waals surface area (Å²) in [6.45, 7) is 0.106. The van der Waals surface area contributed by atoms with E-state index < -0.39 is 5.97 Å². The van der Waals surface area contributed by atoms with Crippen LogP contribution in [0.1, 0.15) is 15.9 Å². The SMILES string of the molecule is C#CCOc1ccc2ccccc2c1/C=C1\SC(=Nc2cccc(C(=O)[O-])c2)NC1=O. The Kier molecular flexibility index (Phi) is 5.74. The van der Waals surface area contributed by atoms with Gasteiger partial charge in [-0.1, -0.05) is 48.4 Å². The molecule has 6 nitrogen and oxygen atoms in total. The number of carboxylic acids is 1. The van der Waals surface area contributed by atoms with Gasteiger partial charge in [-0.25, -0.2) is 4.99 Å². The van der Waals surface area contributed by atoms with Gasteiger partial charge >= 0.3 is 0 Å². The second-order valence-electron chi connectivity index (χ2n) is 6.51. The lowest BCUT2D eigenvalue weighted by Crippen LogP contribution is -2.22. The number of nitrogens with one attached hydrogen (secondary N) is 1. The Morgan fingerprint density at radius 3 is 2.84 bits per heavy atom. The molecule has 1 heterocycles. The topological polar surface area (TPSA) is 90.8 Å². The number of aliphatic imine (C=N–C) groups is 1. The lowest BCUT2D eigenvalue weighted by molar-refractivity contribution is -0.255. The van der Waals surface area contributed by atoms with Crippen LogP contribution in [-0.4, -0.2) is 23.7 Å². The van der Waals surface area contributed by atoms with Crippen LogP contribution in [0, 0.1) is 12.3 Å². The minimum absolute atomic E-state index is 0.0120. The molecule has 7 heteroatoms. The van der Waals surface area contributed by atoms with Crippen LogP contribution in [0.15, 0.2) is 70.6 Å². The van der Waals surface area contributed by atoms with Crippen LogP contribution >= 0.6 is 11.8 Å². The average Bonchev–Trinajstić information content (AvgIpc) is 3.11. The number of thioether (sulfide) groups is 1. The summed E-state index contributed by atoms with van der Waals surface area (Å²) >= 11 is 1.16. The Bertz CT molecular complexity index is 1300. The number of amides is 1. The summed E-state index contributed by atoms with van der Waals surface area (Å²) in [4.78, 5) is 28.4. The van der Waals surface area contributed by atoms with E-state index in [0.717, 1.165) is 28.1 Å². The maximum atomic E-state index is 12.6. The van der Waals surface area contributed by atoms with E-state index >= 15 is 0 Å². The van der Waals surface area contributed by atoms with E-state index in [9.17, 15) is 14.7 Å². The number of carboxylic acid groups (broad SMARTS) is 1. The number of fused-ring (bicyclic) bond motifs is 1. The third-order valence-electron chi connectivity index (χ3n) is 4.48. The van der Waals surface area contributed by atoms with E-state index in [4.69, 9.17) is 11.2 Å². The highest BCUT2D eigenvalue weighted by Crippen LogP contribution is 2.34. The Balaban J connectivity index is 1.71. The van der Waals surface area contributed by atoms with Crippen LogP contribution in [0.5, 0.6) is 5.75 Å². The van der Waals surface area contributed by atoms with E-state index in [-0.39, 0.29) is 18.1 Å². The summed E-state index contributed by atoms with van der Waals surface area (Å²) in [6, 6.07) is 17.5. The quantitative estimate of drug-likeness (QED) is 0.499. The largest absolute Gasteiger partial charge is 0.545 e.